The van der Waals surface area contributed by atoms with E-state index in [-0.39, 0.29) is 27.1 Å². The summed E-state index contributed by atoms with van der Waals surface area (Å²) >= 11 is 0. The van der Waals surface area contributed by atoms with Gasteiger partial charge in [0.1, 0.15) is 0 Å². The maximum Gasteiger partial charge on any atom is 0.0543 e. The van der Waals surface area contributed by atoms with Gasteiger partial charge in [-0.25, -0.2) is 0 Å². The van der Waals surface area contributed by atoms with Crippen LogP contribution in [0.3, 0.4) is 0 Å². The summed E-state index contributed by atoms with van der Waals surface area (Å²) < 4.78 is 2.48. The zero-order valence-corrected chi connectivity index (χ0v) is 46.6. The van der Waals surface area contributed by atoms with E-state index >= 15 is 0 Å². The highest BCUT2D eigenvalue weighted by molar-refractivity contribution is 6.27. The summed E-state index contributed by atoms with van der Waals surface area (Å²) in [6.07, 6.45) is 0. The third kappa shape index (κ3) is 8.45. The minimum atomic E-state index is -0.109. The molecule has 0 unspecified atom stereocenters. The molecule has 11 aromatic rings. The number of hydrogen-bond donors (Lipinski definition) is 0. The lowest BCUT2D eigenvalue weighted by Gasteiger charge is -2.33. The van der Waals surface area contributed by atoms with E-state index in [1.54, 1.807) is 0 Å². The Kier molecular flexibility index (Phi) is 11.4. The van der Waals surface area contributed by atoms with E-state index in [1.807, 2.05) is 0 Å². The van der Waals surface area contributed by atoms with Crippen molar-refractivity contribution in [3.05, 3.63) is 204 Å². The van der Waals surface area contributed by atoms with Gasteiger partial charge < -0.3 is 9.47 Å². The van der Waals surface area contributed by atoms with E-state index in [4.69, 9.17) is 0 Å². The van der Waals surface area contributed by atoms with Crippen LogP contribution in [-0.4, -0.2) is 4.57 Å². The summed E-state index contributed by atoms with van der Waals surface area (Å²) in [5, 5.41) is 10.1. The van der Waals surface area contributed by atoms with Gasteiger partial charge in [-0.05, 0) is 142 Å². The fourth-order valence-electron chi connectivity index (χ4n) is 11.4. The number of anilines is 3. The number of aromatic nitrogens is 1. The second-order valence-electron chi connectivity index (χ2n) is 26.4. The first-order chi connectivity index (χ1) is 34.9. The van der Waals surface area contributed by atoms with Gasteiger partial charge in [0.15, 0.2) is 0 Å². The normalized spacial score (nSPS) is 13.1. The van der Waals surface area contributed by atoms with Crippen molar-refractivity contribution < 1.29 is 0 Å². The average molecular weight is 967 g/mol. The Balaban J connectivity index is 1.23. The number of benzene rings is 10. The standard InChI is InChI=1S/C72H74N2/c1-68(2,3)48-28-32-53(33-29-48)73(63-38-26-45-25-35-59-64(39-27-46-24-34-58(63)66(45)67(46)59)74-61-22-18-16-20-55(61)56-21-17-19-23-62(56)74)65-44-50(70(7,8)9)31-37-57(65)54-36-30-49(69(4,5)6)43-60(54)47-40-51(71(10,11)12)42-52(41-47)72(13,14)15/h16-44H,1-15H3. The first-order valence-electron chi connectivity index (χ1n) is 26.9. The Hall–Kier alpha value is -7.16. The molecule has 0 aliphatic carbocycles. The Morgan fingerprint density at radius 3 is 1.32 bits per heavy atom. The van der Waals surface area contributed by atoms with Crippen LogP contribution in [-0.2, 0) is 27.1 Å². The number of fused-ring (bicyclic) bond motifs is 3. The third-order valence-electron chi connectivity index (χ3n) is 15.9. The molecule has 0 spiro atoms. The van der Waals surface area contributed by atoms with E-state index in [0.717, 1.165) is 17.1 Å². The Morgan fingerprint density at radius 1 is 0.311 bits per heavy atom. The molecular weight excluding hydrogens is 893 g/mol. The molecule has 2 nitrogen and oxygen atoms in total. The topological polar surface area (TPSA) is 8.17 Å². The molecule has 1 aromatic heterocycles. The van der Waals surface area contributed by atoms with Crippen molar-refractivity contribution in [2.24, 2.45) is 0 Å². The lowest BCUT2D eigenvalue weighted by molar-refractivity contribution is 0.569. The van der Waals surface area contributed by atoms with Crippen molar-refractivity contribution in [1.82, 2.24) is 4.57 Å². The van der Waals surface area contributed by atoms with Gasteiger partial charge in [-0.3, -0.25) is 0 Å². The molecule has 0 radical (unpaired) electrons. The van der Waals surface area contributed by atoms with E-state index in [1.165, 1.54) is 110 Å². The number of hydrogen-bond acceptors (Lipinski definition) is 1. The molecule has 0 aliphatic rings. The van der Waals surface area contributed by atoms with E-state index in [9.17, 15) is 0 Å². The van der Waals surface area contributed by atoms with Crippen LogP contribution in [0.1, 0.15) is 132 Å². The van der Waals surface area contributed by atoms with Crippen molar-refractivity contribution in [3.8, 4) is 27.9 Å². The summed E-state index contributed by atoms with van der Waals surface area (Å²) in [5.41, 5.74) is 18.4. The largest absolute Gasteiger partial charge is 0.309 e. The fourth-order valence-corrected chi connectivity index (χ4v) is 11.4. The van der Waals surface area contributed by atoms with Gasteiger partial charge in [0.2, 0.25) is 0 Å². The molecule has 0 saturated carbocycles. The predicted octanol–water partition coefficient (Wildman–Crippen LogP) is 21.0. The van der Waals surface area contributed by atoms with Gasteiger partial charge in [-0.2, -0.15) is 0 Å². The van der Waals surface area contributed by atoms with Crippen molar-refractivity contribution >= 4 is 71.2 Å². The van der Waals surface area contributed by atoms with Gasteiger partial charge in [0.25, 0.3) is 0 Å². The maximum atomic E-state index is 2.59. The Bertz CT molecular complexity index is 3870. The Labute approximate surface area is 441 Å². The molecule has 0 N–H and O–H groups in total. The minimum absolute atomic E-state index is 0.00104. The zero-order chi connectivity index (χ0) is 52.4. The highest BCUT2D eigenvalue weighted by Gasteiger charge is 2.29. The summed E-state index contributed by atoms with van der Waals surface area (Å²) in [4.78, 5) is 2.59. The van der Waals surface area contributed by atoms with Crippen LogP contribution in [0.5, 0.6) is 0 Å². The van der Waals surface area contributed by atoms with Crippen LogP contribution in [0.15, 0.2) is 176 Å². The van der Waals surface area contributed by atoms with Crippen molar-refractivity contribution in [2.45, 2.75) is 131 Å². The van der Waals surface area contributed by atoms with Crippen LogP contribution >= 0.6 is 0 Å². The highest BCUT2D eigenvalue weighted by atomic mass is 15.1. The molecule has 0 aliphatic heterocycles. The molecule has 0 bridgehead atoms. The molecule has 372 valence electrons. The average Bonchev–Trinajstić information content (AvgIpc) is 3.70. The predicted molar refractivity (Wildman–Crippen MR) is 324 cm³/mol. The summed E-state index contributed by atoms with van der Waals surface area (Å²) in [6.45, 7) is 35.0. The first kappa shape index (κ1) is 49.1. The summed E-state index contributed by atoms with van der Waals surface area (Å²) in [6, 6.07) is 68.0. The van der Waals surface area contributed by atoms with Crippen molar-refractivity contribution in [1.29, 1.82) is 0 Å². The smallest absolute Gasteiger partial charge is 0.0543 e. The summed E-state index contributed by atoms with van der Waals surface area (Å²) in [7, 11) is 0. The molecule has 0 saturated heterocycles. The molecule has 0 amide bonds. The zero-order valence-electron chi connectivity index (χ0n) is 46.6. The molecule has 1 heterocycles. The fraction of sp³-hybridized carbons (Fsp3) is 0.278. The van der Waals surface area contributed by atoms with Crippen molar-refractivity contribution in [3.63, 3.8) is 0 Å². The van der Waals surface area contributed by atoms with Gasteiger partial charge in [-0.1, -0.05) is 231 Å². The van der Waals surface area contributed by atoms with Crippen molar-refractivity contribution in [2.75, 3.05) is 4.90 Å². The second kappa shape index (κ2) is 17.2. The van der Waals surface area contributed by atoms with Crippen LogP contribution in [0.25, 0.3) is 82.1 Å². The first-order valence-corrected chi connectivity index (χ1v) is 26.9. The molecule has 0 fully saturated rings. The van der Waals surface area contributed by atoms with E-state index < -0.39 is 0 Å². The van der Waals surface area contributed by atoms with E-state index in [2.05, 4.69) is 289 Å². The van der Waals surface area contributed by atoms with Gasteiger partial charge in [-0.15, -0.1) is 0 Å². The minimum Gasteiger partial charge on any atom is -0.309 e. The maximum absolute atomic E-state index is 2.59. The molecule has 0 atom stereocenters. The molecular formula is C72H74N2. The molecule has 11 rings (SSSR count). The molecule has 74 heavy (non-hydrogen) atoms. The second-order valence-corrected chi connectivity index (χ2v) is 26.4. The number of para-hydroxylation sites is 2. The summed E-state index contributed by atoms with van der Waals surface area (Å²) in [5.74, 6) is 0. The monoisotopic (exact) mass is 967 g/mol. The quantitative estimate of drug-likeness (QED) is 0.151. The van der Waals surface area contributed by atoms with Crippen LogP contribution in [0.4, 0.5) is 17.1 Å². The molecule has 2 heteroatoms. The molecule has 10 aromatic carbocycles. The van der Waals surface area contributed by atoms with Crippen LogP contribution < -0.4 is 4.90 Å². The lowest BCUT2D eigenvalue weighted by Crippen LogP contribution is -2.17. The van der Waals surface area contributed by atoms with E-state index in [0.29, 0.717) is 0 Å². The third-order valence-corrected chi connectivity index (χ3v) is 15.9. The van der Waals surface area contributed by atoms with Gasteiger partial charge >= 0.3 is 0 Å². The number of nitrogens with zero attached hydrogens (tertiary/aromatic N) is 2. The van der Waals surface area contributed by atoms with Gasteiger partial charge in [0, 0.05) is 32.8 Å². The Morgan fingerprint density at radius 2 is 0.770 bits per heavy atom. The number of rotatable bonds is 6. The lowest BCUT2D eigenvalue weighted by atomic mass is 9.77. The highest BCUT2D eigenvalue weighted by Crippen LogP contribution is 2.51. The van der Waals surface area contributed by atoms with Crippen LogP contribution in [0.2, 0.25) is 0 Å². The SMILES string of the molecule is CC(C)(C)c1ccc(N(c2cc(C(C)(C)C)ccc2-c2ccc(C(C)(C)C)cc2-c2cc(C(C)(C)C)cc(C(C)(C)C)c2)c2ccc3ccc4c(-n5c6ccccc6c6ccccc65)ccc5ccc2c3c54)cc1. The van der Waals surface area contributed by atoms with Gasteiger partial charge in [0.05, 0.1) is 28.1 Å². The van der Waals surface area contributed by atoms with Crippen LogP contribution in [0, 0.1) is 0 Å².